The van der Waals surface area contributed by atoms with E-state index in [-0.39, 0.29) is 5.56 Å². The Labute approximate surface area is 188 Å². The van der Waals surface area contributed by atoms with Gasteiger partial charge in [-0.1, -0.05) is 13.3 Å². The lowest BCUT2D eigenvalue weighted by atomic mass is 9.93. The minimum atomic E-state index is -8.09. The van der Waals surface area contributed by atoms with Gasteiger partial charge in [-0.3, -0.25) is 4.79 Å². The molecule has 0 aliphatic carbocycles. The first-order chi connectivity index (χ1) is 15.7. The number of unbranched alkanes of at least 4 members (excludes halogenated alkanes) is 1. The minimum Gasteiger partial charge on any atom is -0.494 e. The molecule has 1 rings (SSSR count). The molecule has 1 amide bonds. The van der Waals surface area contributed by atoms with Crippen LogP contribution in [0.3, 0.4) is 0 Å². The summed E-state index contributed by atoms with van der Waals surface area (Å²) in [5, 5.41) is 2.72. The number of carbonyl (C=O) groups is 1. The van der Waals surface area contributed by atoms with Crippen molar-refractivity contribution in [2.24, 2.45) is 5.10 Å². The molecule has 0 heterocycles. The molecule has 35 heavy (non-hydrogen) atoms. The number of carbonyl (C=O) groups excluding carboxylic acids is 1. The van der Waals surface area contributed by atoms with Crippen molar-refractivity contribution in [3.8, 4) is 5.75 Å². The number of nitrogens with one attached hydrogen (secondary N) is 1. The van der Waals surface area contributed by atoms with Crippen molar-refractivity contribution < 1.29 is 66.6 Å². The van der Waals surface area contributed by atoms with Gasteiger partial charge in [-0.2, -0.15) is 62.2 Å². The average molecular weight is 538 g/mol. The zero-order valence-corrected chi connectivity index (χ0v) is 17.2. The van der Waals surface area contributed by atoms with Gasteiger partial charge in [0.1, 0.15) is 5.75 Å². The highest BCUT2D eigenvalue weighted by Crippen LogP contribution is 2.60. The number of amides is 1. The van der Waals surface area contributed by atoms with Crippen LogP contribution >= 0.6 is 0 Å². The fraction of sp³-hybridized carbons (Fsp3) is 0.556. The van der Waals surface area contributed by atoms with Gasteiger partial charge in [0.2, 0.25) is 0 Å². The van der Waals surface area contributed by atoms with Crippen molar-refractivity contribution in [2.45, 2.75) is 55.6 Å². The van der Waals surface area contributed by atoms with Crippen LogP contribution in [0, 0.1) is 0 Å². The van der Waals surface area contributed by atoms with Crippen LogP contribution in [-0.2, 0) is 4.79 Å². The normalized spacial score (nSPS) is 14.3. The van der Waals surface area contributed by atoms with Crippen molar-refractivity contribution in [1.29, 1.82) is 0 Å². The number of benzene rings is 1. The molecule has 1 N–H and O–H groups in total. The number of hydrazone groups is 1. The molecule has 1 aromatic carbocycles. The molecule has 17 heteroatoms. The van der Waals surface area contributed by atoms with E-state index in [0.717, 1.165) is 6.42 Å². The Morgan fingerprint density at radius 3 is 1.77 bits per heavy atom. The number of nitrogens with zero attached hydrogens (tertiary/aromatic N) is 1. The molecule has 1 aromatic rings. The zero-order chi connectivity index (χ0) is 27.5. The van der Waals surface area contributed by atoms with Gasteiger partial charge < -0.3 is 4.74 Å². The highest BCUT2D eigenvalue weighted by Gasteiger charge is 2.91. The Hall–Kier alpha value is -2.75. The Kier molecular flexibility index (Phi) is 8.72. The molecule has 0 bridgehead atoms. The van der Waals surface area contributed by atoms with Crippen LogP contribution in [-0.4, -0.2) is 54.5 Å². The molecule has 0 aromatic heterocycles. The fourth-order valence-corrected chi connectivity index (χ4v) is 2.13. The Morgan fingerprint density at radius 1 is 0.829 bits per heavy atom. The van der Waals surface area contributed by atoms with Gasteiger partial charge in [0.15, 0.2) is 0 Å². The van der Waals surface area contributed by atoms with E-state index >= 15 is 0 Å². The quantitative estimate of drug-likeness (QED) is 0.161. The van der Waals surface area contributed by atoms with Crippen LogP contribution in [0.15, 0.2) is 29.4 Å². The monoisotopic (exact) mass is 538 g/mol. The summed E-state index contributed by atoms with van der Waals surface area (Å²) >= 11 is 0. The van der Waals surface area contributed by atoms with Crippen LogP contribution in [0.2, 0.25) is 0 Å². The molecule has 0 aliphatic heterocycles. The van der Waals surface area contributed by atoms with Gasteiger partial charge in [0.25, 0.3) is 0 Å². The van der Waals surface area contributed by atoms with E-state index < -0.39 is 41.7 Å². The summed E-state index contributed by atoms with van der Waals surface area (Å²) < 4.78 is 174. The Bertz CT molecular complexity index is 897. The fourth-order valence-electron chi connectivity index (χ4n) is 2.13. The third-order valence-electron chi connectivity index (χ3n) is 4.24. The summed E-state index contributed by atoms with van der Waals surface area (Å²) in [5.74, 6) is -41.8. The Morgan fingerprint density at radius 2 is 1.31 bits per heavy atom. The maximum atomic E-state index is 13.6. The first-order valence-corrected chi connectivity index (χ1v) is 9.20. The van der Waals surface area contributed by atoms with E-state index in [0.29, 0.717) is 30.4 Å². The average Bonchev–Trinajstić information content (AvgIpc) is 2.73. The molecule has 0 atom stereocenters. The first-order valence-electron chi connectivity index (χ1n) is 9.20. The van der Waals surface area contributed by atoms with E-state index in [2.05, 4.69) is 5.10 Å². The number of alkyl halides is 13. The largest absolute Gasteiger partial charge is 0.494 e. The van der Waals surface area contributed by atoms with Crippen molar-refractivity contribution in [1.82, 2.24) is 5.43 Å². The van der Waals surface area contributed by atoms with Gasteiger partial charge in [-0.05, 0) is 36.2 Å². The second-order valence-corrected chi connectivity index (χ2v) is 6.84. The Balaban J connectivity index is 3.07. The zero-order valence-electron chi connectivity index (χ0n) is 17.2. The summed E-state index contributed by atoms with van der Waals surface area (Å²) in [7, 11) is 0. The maximum Gasteiger partial charge on any atom is 0.460 e. The molecular weight excluding hydrogens is 523 g/mol. The third-order valence-corrected chi connectivity index (χ3v) is 4.24. The summed E-state index contributed by atoms with van der Waals surface area (Å²) in [5.41, 5.74) is 0.599. The summed E-state index contributed by atoms with van der Waals surface area (Å²) in [6.45, 7) is 2.24. The second-order valence-electron chi connectivity index (χ2n) is 6.84. The highest BCUT2D eigenvalue weighted by atomic mass is 19.4. The SMILES string of the molecule is CCCCOc1ccc(/C=N/NC(=O)C(F)(F)C(F)(F)C(F)(F)C(F)(F)C(F)(F)C(F)(F)F)cc1. The van der Waals surface area contributed by atoms with Gasteiger partial charge in [0.05, 0.1) is 12.8 Å². The van der Waals surface area contributed by atoms with E-state index in [4.69, 9.17) is 4.74 Å². The van der Waals surface area contributed by atoms with Gasteiger partial charge in [-0.25, -0.2) is 5.43 Å². The van der Waals surface area contributed by atoms with E-state index in [1.807, 2.05) is 6.92 Å². The number of hydrogen-bond donors (Lipinski definition) is 1. The van der Waals surface area contributed by atoms with Crippen molar-refractivity contribution in [3.05, 3.63) is 29.8 Å². The predicted octanol–water partition coefficient (Wildman–Crippen LogP) is 6.05. The molecule has 0 saturated heterocycles. The van der Waals surface area contributed by atoms with Crippen LogP contribution in [0.4, 0.5) is 57.1 Å². The van der Waals surface area contributed by atoms with Crippen molar-refractivity contribution in [3.63, 3.8) is 0 Å². The summed E-state index contributed by atoms with van der Waals surface area (Å²) in [4.78, 5) is 11.3. The number of rotatable bonds is 11. The van der Waals surface area contributed by atoms with Gasteiger partial charge >= 0.3 is 41.7 Å². The summed E-state index contributed by atoms with van der Waals surface area (Å²) in [6.07, 6.45) is -5.49. The second kappa shape index (κ2) is 10.1. The van der Waals surface area contributed by atoms with Gasteiger partial charge in [0, 0.05) is 0 Å². The smallest absolute Gasteiger partial charge is 0.460 e. The molecule has 0 saturated carbocycles. The minimum absolute atomic E-state index is 0.00935. The van der Waals surface area contributed by atoms with E-state index in [9.17, 15) is 61.9 Å². The van der Waals surface area contributed by atoms with E-state index in [1.54, 1.807) is 0 Å². The maximum absolute atomic E-state index is 13.6. The topological polar surface area (TPSA) is 50.7 Å². The summed E-state index contributed by atoms with van der Waals surface area (Å²) in [6, 6.07) is 5.06. The van der Waals surface area contributed by atoms with E-state index in [1.165, 1.54) is 24.3 Å². The number of halogens is 13. The van der Waals surface area contributed by atoms with Crippen LogP contribution in [0.25, 0.3) is 0 Å². The standard InChI is InChI=1S/C18H15F13N2O2/c1-2-3-8-35-11-6-4-10(5-7-11)9-32-33-12(34)13(19,20)14(21,22)15(23,24)16(25,26)17(27,28)18(29,30)31/h4-7,9H,2-3,8H2,1H3,(H,33,34)/b32-9+. The van der Waals surface area contributed by atoms with Gasteiger partial charge in [-0.15, -0.1) is 0 Å². The molecule has 0 aliphatic rings. The molecule has 0 unspecified atom stereocenters. The molecule has 0 fully saturated rings. The highest BCUT2D eigenvalue weighted by molar-refractivity contribution is 5.87. The lowest BCUT2D eigenvalue weighted by molar-refractivity contribution is -0.436. The third kappa shape index (κ3) is 5.58. The van der Waals surface area contributed by atoms with Crippen molar-refractivity contribution >= 4 is 12.1 Å². The predicted molar refractivity (Wildman–Crippen MR) is 93.4 cm³/mol. The lowest BCUT2D eigenvalue weighted by Crippen LogP contribution is -2.71. The number of ether oxygens (including phenoxy) is 1. The van der Waals surface area contributed by atoms with Crippen LogP contribution in [0.5, 0.6) is 5.75 Å². The molecular formula is C18H15F13N2O2. The molecule has 0 spiro atoms. The van der Waals surface area contributed by atoms with Crippen LogP contribution < -0.4 is 10.2 Å². The number of hydrogen-bond acceptors (Lipinski definition) is 3. The molecule has 4 nitrogen and oxygen atoms in total. The lowest BCUT2D eigenvalue weighted by Gasteiger charge is -2.38. The molecule has 0 radical (unpaired) electrons. The van der Waals surface area contributed by atoms with Crippen LogP contribution in [0.1, 0.15) is 25.3 Å². The first kappa shape index (κ1) is 30.3. The molecule has 200 valence electrons. The van der Waals surface area contributed by atoms with Crippen molar-refractivity contribution in [2.75, 3.05) is 6.61 Å².